The lowest BCUT2D eigenvalue weighted by molar-refractivity contribution is 0.0490. The largest absolute Gasteiger partial charge is 0.382 e. The molecule has 12 nitrogen and oxygen atoms in total. The molecule has 2 aliphatic heterocycles. The first-order valence-electron chi connectivity index (χ1n) is 12.9. The average molecular weight is 553 g/mol. The Labute approximate surface area is 232 Å². The van der Waals surface area contributed by atoms with E-state index < -0.39 is 5.91 Å². The number of piperazine rings is 1. The molecule has 2 saturated heterocycles. The van der Waals surface area contributed by atoms with Crippen LogP contribution in [0.25, 0.3) is 0 Å². The van der Waals surface area contributed by atoms with Gasteiger partial charge in [0.15, 0.2) is 28.4 Å². The van der Waals surface area contributed by atoms with Gasteiger partial charge in [0.1, 0.15) is 0 Å². The summed E-state index contributed by atoms with van der Waals surface area (Å²) in [6.45, 7) is 5.69. The number of anilines is 2. The molecule has 2 aliphatic rings. The predicted molar refractivity (Wildman–Crippen MR) is 150 cm³/mol. The fraction of sp³-hybridized carbons (Fsp3) is 0.462. The fourth-order valence-electron chi connectivity index (χ4n) is 5.19. The highest BCUT2D eigenvalue weighted by atomic mass is 35.5. The van der Waals surface area contributed by atoms with Gasteiger partial charge in [0, 0.05) is 57.4 Å². The molecule has 4 rings (SSSR count). The first kappa shape index (κ1) is 28.1. The van der Waals surface area contributed by atoms with Crippen LogP contribution in [-0.4, -0.2) is 89.4 Å². The van der Waals surface area contributed by atoms with E-state index in [0.717, 1.165) is 25.8 Å². The summed E-state index contributed by atoms with van der Waals surface area (Å²) < 4.78 is 0. The summed E-state index contributed by atoms with van der Waals surface area (Å²) in [5.74, 6) is -0.277. The van der Waals surface area contributed by atoms with Crippen LogP contribution in [0, 0.1) is 11.3 Å². The van der Waals surface area contributed by atoms with Crippen LogP contribution < -0.4 is 21.7 Å². The van der Waals surface area contributed by atoms with E-state index >= 15 is 0 Å². The minimum atomic E-state index is -0.628. The SMILES string of the molecule is CC[C@H]1CN(c2nc(N)c(C(=O)NC(N)=NC)nc2Cl)CCN1C1CCN(C(=O)c2ccc(C#N)cc2)CC1. The van der Waals surface area contributed by atoms with Crippen LogP contribution in [0.1, 0.15) is 52.6 Å². The number of aromatic nitrogens is 2. The topological polar surface area (TPSA) is 170 Å². The summed E-state index contributed by atoms with van der Waals surface area (Å²) in [6.07, 6.45) is 2.71. The molecule has 2 amide bonds. The number of guanidine groups is 1. The highest BCUT2D eigenvalue weighted by Crippen LogP contribution is 2.30. The van der Waals surface area contributed by atoms with Crippen molar-refractivity contribution in [3.8, 4) is 6.07 Å². The van der Waals surface area contributed by atoms with Crippen LogP contribution in [-0.2, 0) is 0 Å². The van der Waals surface area contributed by atoms with Crippen molar-refractivity contribution in [2.75, 3.05) is 50.4 Å². The van der Waals surface area contributed by atoms with E-state index in [1.807, 2.05) is 4.90 Å². The van der Waals surface area contributed by atoms with Crippen molar-refractivity contribution >= 4 is 41.0 Å². The van der Waals surface area contributed by atoms with E-state index in [0.29, 0.717) is 49.2 Å². The van der Waals surface area contributed by atoms with Crippen molar-refractivity contribution in [3.05, 3.63) is 46.2 Å². The average Bonchev–Trinajstić information content (AvgIpc) is 2.97. The highest BCUT2D eigenvalue weighted by Gasteiger charge is 2.35. The van der Waals surface area contributed by atoms with Crippen LogP contribution in [0.3, 0.4) is 0 Å². The third kappa shape index (κ3) is 6.21. The molecule has 39 heavy (non-hydrogen) atoms. The van der Waals surface area contributed by atoms with E-state index in [1.54, 1.807) is 24.3 Å². The third-order valence-electron chi connectivity index (χ3n) is 7.34. The van der Waals surface area contributed by atoms with Gasteiger partial charge in [-0.2, -0.15) is 5.26 Å². The Morgan fingerprint density at radius 2 is 1.87 bits per heavy atom. The van der Waals surface area contributed by atoms with Crippen molar-refractivity contribution in [2.24, 2.45) is 10.7 Å². The Bertz CT molecular complexity index is 1280. The quantitative estimate of drug-likeness (QED) is 0.367. The van der Waals surface area contributed by atoms with Crippen LogP contribution in [0.4, 0.5) is 11.6 Å². The maximum Gasteiger partial charge on any atom is 0.280 e. The molecule has 2 fully saturated rings. The molecule has 2 aromatic rings. The number of amides is 2. The lowest BCUT2D eigenvalue weighted by atomic mass is 9.97. The van der Waals surface area contributed by atoms with Gasteiger partial charge in [-0.05, 0) is 43.5 Å². The van der Waals surface area contributed by atoms with Gasteiger partial charge in [0.2, 0.25) is 0 Å². The van der Waals surface area contributed by atoms with Crippen molar-refractivity contribution in [1.82, 2.24) is 25.1 Å². The van der Waals surface area contributed by atoms with Gasteiger partial charge in [-0.1, -0.05) is 18.5 Å². The molecular formula is C26H33ClN10O2. The predicted octanol–water partition coefficient (Wildman–Crippen LogP) is 1.46. The summed E-state index contributed by atoms with van der Waals surface area (Å²) in [7, 11) is 1.45. The monoisotopic (exact) mass is 552 g/mol. The van der Waals surface area contributed by atoms with Crippen molar-refractivity contribution in [1.29, 1.82) is 5.26 Å². The summed E-state index contributed by atoms with van der Waals surface area (Å²) in [6, 6.07) is 9.49. The number of rotatable bonds is 5. The van der Waals surface area contributed by atoms with Crippen molar-refractivity contribution in [2.45, 2.75) is 38.3 Å². The highest BCUT2D eigenvalue weighted by molar-refractivity contribution is 6.32. The number of halogens is 1. The lowest BCUT2D eigenvalue weighted by Crippen LogP contribution is -2.58. The van der Waals surface area contributed by atoms with Gasteiger partial charge in [0.25, 0.3) is 11.8 Å². The smallest absolute Gasteiger partial charge is 0.280 e. The molecule has 1 aromatic carbocycles. The minimum Gasteiger partial charge on any atom is -0.382 e. The Morgan fingerprint density at radius 3 is 2.49 bits per heavy atom. The molecule has 0 unspecified atom stereocenters. The number of hydrogen-bond donors (Lipinski definition) is 3. The van der Waals surface area contributed by atoms with Crippen LogP contribution in [0.5, 0.6) is 0 Å². The van der Waals surface area contributed by atoms with E-state index in [2.05, 4.69) is 43.1 Å². The number of likely N-dealkylation sites (tertiary alicyclic amines) is 1. The Hall–Kier alpha value is -3.95. The van der Waals surface area contributed by atoms with E-state index in [9.17, 15) is 9.59 Å². The lowest BCUT2D eigenvalue weighted by Gasteiger charge is -2.47. The Morgan fingerprint density at radius 1 is 1.18 bits per heavy atom. The zero-order valence-electron chi connectivity index (χ0n) is 22.1. The molecule has 206 valence electrons. The van der Waals surface area contributed by atoms with E-state index in [-0.39, 0.29) is 34.6 Å². The van der Waals surface area contributed by atoms with Gasteiger partial charge >= 0.3 is 0 Å². The number of nitriles is 1. The number of aliphatic imine (C=N–C) groups is 1. The van der Waals surface area contributed by atoms with Crippen molar-refractivity contribution in [3.63, 3.8) is 0 Å². The number of nitrogens with two attached hydrogens (primary N) is 2. The number of hydrogen-bond acceptors (Lipinski definition) is 9. The number of nitrogens with zero attached hydrogens (tertiary/aromatic N) is 7. The number of nitrogen functional groups attached to an aromatic ring is 1. The van der Waals surface area contributed by atoms with Crippen LogP contribution in [0.2, 0.25) is 5.15 Å². The van der Waals surface area contributed by atoms with Gasteiger partial charge in [-0.15, -0.1) is 0 Å². The first-order valence-corrected chi connectivity index (χ1v) is 13.3. The normalized spacial score (nSPS) is 19.0. The number of carbonyl (C=O) groups excluding carboxylic acids is 2. The maximum atomic E-state index is 12.9. The molecule has 0 aliphatic carbocycles. The Kier molecular flexibility index (Phi) is 8.83. The second-order valence-corrected chi connectivity index (χ2v) is 9.95. The molecule has 0 bridgehead atoms. The second-order valence-electron chi connectivity index (χ2n) is 9.59. The Balaban J connectivity index is 1.38. The summed E-state index contributed by atoms with van der Waals surface area (Å²) in [5, 5.41) is 11.5. The molecule has 0 saturated carbocycles. The maximum absolute atomic E-state index is 12.9. The standard InChI is InChI=1S/C26H33ClN10O2/c1-3-18-15-36(23-21(27)32-20(22(29)33-23)24(38)34-26(30)31-2)12-13-37(18)19-8-10-35(11-9-19)25(39)17-6-4-16(14-28)5-7-17/h4-7,18-19H,3,8-13,15H2,1-2H3,(H2,29,33)(H3,30,31,34,38)/t18-/m0/s1. The molecule has 3 heterocycles. The molecule has 13 heteroatoms. The summed E-state index contributed by atoms with van der Waals surface area (Å²) in [4.78, 5) is 44.1. The molecule has 5 N–H and O–H groups in total. The number of piperidine rings is 1. The van der Waals surface area contributed by atoms with Crippen molar-refractivity contribution < 1.29 is 9.59 Å². The molecule has 1 atom stereocenters. The van der Waals surface area contributed by atoms with E-state index in [1.165, 1.54) is 7.05 Å². The zero-order chi connectivity index (χ0) is 28.1. The molecule has 0 spiro atoms. The fourth-order valence-corrected chi connectivity index (χ4v) is 5.44. The van der Waals surface area contributed by atoms with Gasteiger partial charge < -0.3 is 21.3 Å². The van der Waals surface area contributed by atoms with Gasteiger partial charge in [-0.3, -0.25) is 24.8 Å². The summed E-state index contributed by atoms with van der Waals surface area (Å²) >= 11 is 6.46. The zero-order valence-corrected chi connectivity index (χ0v) is 22.9. The number of carbonyl (C=O) groups is 2. The summed E-state index contributed by atoms with van der Waals surface area (Å²) in [5.41, 5.74) is 12.7. The van der Waals surface area contributed by atoms with Crippen LogP contribution >= 0.6 is 11.6 Å². The number of benzene rings is 1. The van der Waals surface area contributed by atoms with Gasteiger partial charge in [0.05, 0.1) is 11.6 Å². The molecule has 0 radical (unpaired) electrons. The van der Waals surface area contributed by atoms with Crippen LogP contribution in [0.15, 0.2) is 29.3 Å². The molecule has 1 aromatic heterocycles. The minimum absolute atomic E-state index is 0.00222. The third-order valence-corrected chi connectivity index (χ3v) is 7.60. The van der Waals surface area contributed by atoms with E-state index in [4.69, 9.17) is 28.3 Å². The first-order chi connectivity index (χ1) is 18.7. The number of nitrogens with one attached hydrogen (secondary N) is 1. The molecular weight excluding hydrogens is 520 g/mol. The second kappa shape index (κ2) is 12.3. The van der Waals surface area contributed by atoms with Gasteiger partial charge in [-0.25, -0.2) is 9.97 Å².